The van der Waals surface area contributed by atoms with Crippen molar-refractivity contribution in [3.8, 4) is 0 Å². The van der Waals surface area contributed by atoms with Gasteiger partial charge in [-0.15, -0.1) is 0 Å². The van der Waals surface area contributed by atoms with Crippen LogP contribution in [0.5, 0.6) is 0 Å². The van der Waals surface area contributed by atoms with Crippen molar-refractivity contribution in [2.24, 2.45) is 0 Å². The lowest BCUT2D eigenvalue weighted by Crippen LogP contribution is -2.03. The van der Waals surface area contributed by atoms with Gasteiger partial charge in [0.2, 0.25) is 0 Å². The largest absolute Gasteiger partial charge is 0.302 e. The van der Waals surface area contributed by atoms with Crippen LogP contribution in [0.25, 0.3) is 0 Å². The lowest BCUT2D eigenvalue weighted by atomic mass is 9.89. The summed E-state index contributed by atoms with van der Waals surface area (Å²) in [5, 5.41) is 0. The predicted molar refractivity (Wildman–Crippen MR) is 23.5 cm³/mol. The molecular weight excluding hydrogens is 76.9 g/mol. The van der Waals surface area contributed by atoms with Gasteiger partial charge in [0, 0.05) is 6.54 Å². The molecule has 1 aliphatic heterocycles. The highest BCUT2D eigenvalue weighted by Crippen LogP contribution is 2.00. The molecule has 0 aliphatic carbocycles. The molecule has 6 heavy (non-hydrogen) atoms. The number of hydrogen-bond donors (Lipinski definition) is 1. The van der Waals surface area contributed by atoms with Crippen molar-refractivity contribution in [1.29, 1.82) is 0 Å². The van der Waals surface area contributed by atoms with Gasteiger partial charge in [-0.3, -0.25) is 0 Å². The number of rotatable bonds is 0. The van der Waals surface area contributed by atoms with Crippen molar-refractivity contribution in [2.45, 2.75) is 5.82 Å². The molecule has 32 valence electrons. The molecule has 2 nitrogen and oxygen atoms in total. The lowest BCUT2D eigenvalue weighted by molar-refractivity contribution is 0.103. The normalized spacial score (nSPS) is 34.3. The zero-order valence-electron chi connectivity index (χ0n) is 3.48. The molecule has 0 saturated carbocycles. The van der Waals surface area contributed by atoms with Crippen LogP contribution < -0.4 is 5.48 Å². The van der Waals surface area contributed by atoms with Crippen LogP contribution in [0.3, 0.4) is 0 Å². The second-order valence-electron chi connectivity index (χ2n) is 1.42. The maximum absolute atomic E-state index is 5.35. The van der Waals surface area contributed by atoms with Crippen molar-refractivity contribution >= 4 is 7.85 Å². The summed E-state index contributed by atoms with van der Waals surface area (Å²) < 4.78 is 0. The Morgan fingerprint density at radius 1 is 1.83 bits per heavy atom. The Bertz CT molecular complexity index is 44.1. The topological polar surface area (TPSA) is 21.3 Å². The van der Waals surface area contributed by atoms with Gasteiger partial charge in [0.1, 0.15) is 0 Å². The Morgan fingerprint density at radius 3 is 2.83 bits per heavy atom. The summed E-state index contributed by atoms with van der Waals surface area (Å²) in [7, 11) is 5.35. The van der Waals surface area contributed by atoms with Crippen LogP contribution in [0.2, 0.25) is 5.82 Å². The monoisotopic (exact) mass is 83.1 g/mol. The van der Waals surface area contributed by atoms with E-state index < -0.39 is 0 Å². The Kier molecular flexibility index (Phi) is 1.12. The summed E-state index contributed by atoms with van der Waals surface area (Å²) in [5.74, 6) is 0.213. The maximum atomic E-state index is 5.35. The summed E-state index contributed by atoms with van der Waals surface area (Å²) in [6.07, 6.45) is 0. The highest BCUT2D eigenvalue weighted by atomic mass is 16.7. The van der Waals surface area contributed by atoms with Crippen molar-refractivity contribution in [1.82, 2.24) is 5.48 Å². The van der Waals surface area contributed by atoms with Gasteiger partial charge >= 0.3 is 0 Å². The molecule has 1 fully saturated rings. The molecule has 1 aliphatic rings. The molecular formula is C3H6BNO. The third-order valence-corrected chi connectivity index (χ3v) is 0.745. The Balaban J connectivity index is 2.18. The van der Waals surface area contributed by atoms with E-state index in [-0.39, 0.29) is 5.82 Å². The molecule has 0 aromatic heterocycles. The molecule has 1 atom stereocenters. The lowest BCUT2D eigenvalue weighted by Gasteiger charge is -1.86. The van der Waals surface area contributed by atoms with E-state index in [1.54, 1.807) is 0 Å². The van der Waals surface area contributed by atoms with Gasteiger partial charge in [0.15, 0.2) is 0 Å². The first-order valence-corrected chi connectivity index (χ1v) is 2.00. The second kappa shape index (κ2) is 1.62. The molecule has 1 saturated heterocycles. The number of nitrogens with one attached hydrogen (secondary N) is 1. The van der Waals surface area contributed by atoms with Gasteiger partial charge in [-0.2, -0.15) is 0 Å². The first-order valence-electron chi connectivity index (χ1n) is 2.00. The average Bonchev–Trinajstić information content (AvgIpc) is 1.86. The quantitative estimate of drug-likeness (QED) is 0.398. The van der Waals surface area contributed by atoms with Crippen LogP contribution in [0.4, 0.5) is 0 Å². The molecule has 0 unspecified atom stereocenters. The first kappa shape index (κ1) is 4.15. The van der Waals surface area contributed by atoms with Gasteiger partial charge in [-0.1, -0.05) is 0 Å². The van der Waals surface area contributed by atoms with E-state index in [0.717, 1.165) is 6.54 Å². The van der Waals surface area contributed by atoms with Gasteiger partial charge in [-0.05, 0) is 5.82 Å². The second-order valence-corrected chi connectivity index (χ2v) is 1.42. The van der Waals surface area contributed by atoms with Crippen LogP contribution in [0, 0.1) is 0 Å². The number of hydroxylamine groups is 1. The van der Waals surface area contributed by atoms with Crippen molar-refractivity contribution < 1.29 is 4.84 Å². The summed E-state index contributed by atoms with van der Waals surface area (Å²) in [6, 6.07) is 0. The zero-order valence-corrected chi connectivity index (χ0v) is 3.48. The van der Waals surface area contributed by atoms with Crippen molar-refractivity contribution in [3.05, 3.63) is 0 Å². The van der Waals surface area contributed by atoms with Gasteiger partial charge in [-0.25, -0.2) is 5.48 Å². The minimum atomic E-state index is 0.213. The molecule has 0 bridgehead atoms. The van der Waals surface area contributed by atoms with Crippen LogP contribution in [0.15, 0.2) is 0 Å². The van der Waals surface area contributed by atoms with E-state index in [4.69, 9.17) is 7.85 Å². The number of hydrogen-bond acceptors (Lipinski definition) is 2. The van der Waals surface area contributed by atoms with Crippen molar-refractivity contribution in [2.75, 3.05) is 13.2 Å². The Hall–Kier alpha value is -0.0151. The fraction of sp³-hybridized carbons (Fsp3) is 1.00. The van der Waals surface area contributed by atoms with E-state index >= 15 is 0 Å². The van der Waals surface area contributed by atoms with Gasteiger partial charge in [0.05, 0.1) is 14.5 Å². The smallest absolute Gasteiger partial charge is 0.0750 e. The fourth-order valence-electron chi connectivity index (χ4n) is 0.391. The molecule has 0 aromatic carbocycles. The highest BCUT2D eigenvalue weighted by molar-refractivity contribution is 6.12. The molecule has 0 spiro atoms. The van der Waals surface area contributed by atoms with E-state index in [1.165, 1.54) is 0 Å². The molecule has 2 radical (unpaired) electrons. The standard InChI is InChI=1S/C3H6BNO/c4-3-1-5-6-2-3/h3,5H,1-2H2/t3-/m0/s1. The van der Waals surface area contributed by atoms with Crippen molar-refractivity contribution in [3.63, 3.8) is 0 Å². The van der Waals surface area contributed by atoms with Crippen LogP contribution in [-0.4, -0.2) is 21.0 Å². The van der Waals surface area contributed by atoms with Crippen LogP contribution in [-0.2, 0) is 4.84 Å². The summed E-state index contributed by atoms with van der Waals surface area (Å²) >= 11 is 0. The molecule has 1 rings (SSSR count). The van der Waals surface area contributed by atoms with E-state index in [0.29, 0.717) is 6.61 Å². The SMILES string of the molecule is [B][C@H]1CNOC1. The summed E-state index contributed by atoms with van der Waals surface area (Å²) in [6.45, 7) is 1.44. The minimum absolute atomic E-state index is 0.213. The molecule has 0 aromatic rings. The molecule has 3 heteroatoms. The third-order valence-electron chi connectivity index (χ3n) is 0.745. The highest BCUT2D eigenvalue weighted by Gasteiger charge is 2.06. The van der Waals surface area contributed by atoms with E-state index in [1.807, 2.05) is 0 Å². The fourth-order valence-corrected chi connectivity index (χ4v) is 0.391. The zero-order chi connectivity index (χ0) is 4.41. The predicted octanol–water partition coefficient (Wildman–Crippen LogP) is -0.522. The van der Waals surface area contributed by atoms with E-state index in [9.17, 15) is 0 Å². The van der Waals surface area contributed by atoms with Crippen LogP contribution in [0.1, 0.15) is 0 Å². The third kappa shape index (κ3) is 0.728. The molecule has 1 N–H and O–H groups in total. The van der Waals surface area contributed by atoms with E-state index in [2.05, 4.69) is 10.3 Å². The summed E-state index contributed by atoms with van der Waals surface area (Å²) in [5.41, 5.74) is 2.65. The molecule has 0 amide bonds. The van der Waals surface area contributed by atoms with Gasteiger partial charge < -0.3 is 4.84 Å². The molecule has 1 heterocycles. The average molecular weight is 82.9 g/mol. The van der Waals surface area contributed by atoms with Crippen LogP contribution >= 0.6 is 0 Å². The minimum Gasteiger partial charge on any atom is -0.302 e. The first-order chi connectivity index (χ1) is 2.89. The Labute approximate surface area is 38.2 Å². The van der Waals surface area contributed by atoms with Gasteiger partial charge in [0.25, 0.3) is 0 Å². The summed E-state index contributed by atoms with van der Waals surface area (Å²) in [4.78, 5) is 4.68. The Morgan fingerprint density at radius 2 is 2.67 bits per heavy atom. The maximum Gasteiger partial charge on any atom is 0.0750 e.